The van der Waals surface area contributed by atoms with Gasteiger partial charge in [-0.2, -0.15) is 0 Å². The molecule has 14 N–H and O–H groups in total. The molecule has 24 nitrogen and oxygen atoms in total. The van der Waals surface area contributed by atoms with Crippen LogP contribution >= 0.6 is 0 Å². The minimum absolute atomic E-state index is 0.0413. The summed E-state index contributed by atoms with van der Waals surface area (Å²) in [6.45, 7) is 10.2. The molecule has 0 spiro atoms. The Morgan fingerprint density at radius 3 is 1.71 bits per heavy atom. The number of hydrogen-bond acceptors (Lipinski definition) is 13. The topological polar surface area (TPSA) is 388 Å². The molecule has 1 aromatic carbocycles. The number of aliphatic hydroxyl groups is 1. The Morgan fingerprint density at radius 1 is 0.667 bits per heavy atom. The van der Waals surface area contributed by atoms with Gasteiger partial charge in [0.1, 0.15) is 48.3 Å². The Kier molecular flexibility index (Phi) is 23.7. The number of nitrogens with one attached hydrogen (secondary N) is 7. The first-order valence-electron chi connectivity index (χ1n) is 22.9. The van der Waals surface area contributed by atoms with Crippen LogP contribution in [0.3, 0.4) is 0 Å². The Hall–Kier alpha value is -6.69. The molecule has 0 aromatic heterocycles. The number of carbonyl (C=O) groups excluding carboxylic acids is 9. The molecule has 69 heavy (non-hydrogen) atoms. The van der Waals surface area contributed by atoms with Crippen molar-refractivity contribution in [2.45, 2.75) is 148 Å². The van der Waals surface area contributed by atoms with Gasteiger partial charge >= 0.3 is 11.9 Å². The average Bonchev–Trinajstić information content (AvgIpc) is 3.78. The van der Waals surface area contributed by atoms with Crippen LogP contribution in [0.1, 0.15) is 92.6 Å². The number of rotatable bonds is 28. The smallest absolute Gasteiger partial charge is 0.326 e. The molecule has 0 radical (unpaired) electrons. The molecule has 1 fully saturated rings. The van der Waals surface area contributed by atoms with Crippen LogP contribution in [0.4, 0.5) is 0 Å². The van der Waals surface area contributed by atoms with Gasteiger partial charge in [-0.05, 0) is 49.5 Å². The van der Waals surface area contributed by atoms with E-state index in [2.05, 4.69) is 37.2 Å². The lowest BCUT2D eigenvalue weighted by molar-refractivity contribution is -0.144. The summed E-state index contributed by atoms with van der Waals surface area (Å²) in [5.41, 5.74) is 11.6. The van der Waals surface area contributed by atoms with Gasteiger partial charge in [0, 0.05) is 19.4 Å². The van der Waals surface area contributed by atoms with Gasteiger partial charge in [-0.1, -0.05) is 78.3 Å². The Labute approximate surface area is 400 Å². The quantitative estimate of drug-likeness (QED) is 0.0402. The van der Waals surface area contributed by atoms with Crippen molar-refractivity contribution in [2.24, 2.45) is 29.2 Å². The van der Waals surface area contributed by atoms with E-state index in [4.69, 9.17) is 11.5 Å². The second kappa shape index (κ2) is 28.0. The fraction of sp³-hybridized carbons (Fsp3) is 0.622. The summed E-state index contributed by atoms with van der Waals surface area (Å²) < 4.78 is 0. The zero-order chi connectivity index (χ0) is 52.3. The first-order chi connectivity index (χ1) is 32.3. The van der Waals surface area contributed by atoms with Gasteiger partial charge in [0.05, 0.1) is 19.1 Å². The van der Waals surface area contributed by atoms with Crippen molar-refractivity contribution in [3.63, 3.8) is 0 Å². The molecule has 1 aliphatic rings. The number of primary amides is 1. The van der Waals surface area contributed by atoms with Crippen molar-refractivity contribution >= 4 is 65.1 Å². The van der Waals surface area contributed by atoms with Crippen LogP contribution < -0.4 is 48.7 Å². The van der Waals surface area contributed by atoms with E-state index in [1.807, 2.05) is 0 Å². The van der Waals surface area contributed by atoms with Crippen LogP contribution in [-0.4, -0.2) is 153 Å². The Balaban J connectivity index is 2.38. The van der Waals surface area contributed by atoms with E-state index in [-0.39, 0.29) is 19.4 Å². The van der Waals surface area contributed by atoms with Crippen LogP contribution in [0, 0.1) is 17.8 Å². The largest absolute Gasteiger partial charge is 0.481 e. The summed E-state index contributed by atoms with van der Waals surface area (Å²) in [6, 6.07) is -4.00. The lowest BCUT2D eigenvalue weighted by Gasteiger charge is -2.32. The van der Waals surface area contributed by atoms with E-state index in [0.717, 1.165) is 0 Å². The highest BCUT2D eigenvalue weighted by Crippen LogP contribution is 2.22. The molecule has 1 heterocycles. The fourth-order valence-corrected chi connectivity index (χ4v) is 7.27. The molecule has 10 atom stereocenters. The molecule has 24 heteroatoms. The normalized spacial score (nSPS) is 17.3. The van der Waals surface area contributed by atoms with Crippen molar-refractivity contribution in [1.82, 2.24) is 42.1 Å². The third-order valence-corrected chi connectivity index (χ3v) is 11.6. The van der Waals surface area contributed by atoms with Gasteiger partial charge in [-0.25, -0.2) is 4.79 Å². The minimum Gasteiger partial charge on any atom is -0.481 e. The number of aliphatic carboxylic acids is 2. The maximum absolute atomic E-state index is 14.3. The van der Waals surface area contributed by atoms with Gasteiger partial charge in [-0.3, -0.25) is 47.9 Å². The number of carbonyl (C=O) groups is 11. The van der Waals surface area contributed by atoms with Crippen molar-refractivity contribution in [3.8, 4) is 0 Å². The lowest BCUT2D eigenvalue weighted by Crippen LogP contribution is -2.61. The van der Waals surface area contributed by atoms with E-state index < -0.39 is 163 Å². The molecular weight excluding hydrogens is 905 g/mol. The number of nitrogens with zero attached hydrogens (tertiary/aromatic N) is 1. The van der Waals surface area contributed by atoms with Crippen molar-refractivity contribution in [1.29, 1.82) is 0 Å². The SMILES string of the molecule is CC[C@H](C)[C@H](NC(=O)[C@H](C)N)C(=O)N[C@@H](CC(=O)O)C(=O)N[C@@H](CCC(N)=O)C(=O)N[C@H](C(=O)N1CCC[C@H]1C(=O)N[C@@H](Cc1ccccc1)C(=O)N[C@@H](CO)C(=O)N[C@H](C(=O)O)C(C)C)C(C)C. The number of carboxylic acids is 2. The fourth-order valence-electron chi connectivity index (χ4n) is 7.27. The van der Waals surface area contributed by atoms with Gasteiger partial charge in [-0.15, -0.1) is 0 Å². The second-order valence-electron chi connectivity index (χ2n) is 17.9. The third kappa shape index (κ3) is 18.4. The molecular formula is C45H70N10O14. The van der Waals surface area contributed by atoms with Crippen LogP contribution in [0.2, 0.25) is 0 Å². The van der Waals surface area contributed by atoms with Gasteiger partial charge in [0.2, 0.25) is 53.2 Å². The number of likely N-dealkylation sites (tertiary alicyclic amines) is 1. The number of nitrogens with two attached hydrogens (primary N) is 2. The van der Waals surface area contributed by atoms with Gasteiger partial charge in [0.15, 0.2) is 0 Å². The van der Waals surface area contributed by atoms with Crippen molar-refractivity contribution in [3.05, 3.63) is 35.9 Å². The first-order valence-corrected chi connectivity index (χ1v) is 22.9. The first kappa shape index (κ1) is 58.4. The summed E-state index contributed by atoms with van der Waals surface area (Å²) in [5.74, 6) is -12.5. The molecule has 2 rings (SSSR count). The minimum atomic E-state index is -1.79. The Bertz CT molecular complexity index is 2000. The number of hydrogen-bond donors (Lipinski definition) is 12. The predicted molar refractivity (Wildman–Crippen MR) is 247 cm³/mol. The number of amides is 9. The van der Waals surface area contributed by atoms with E-state index in [9.17, 15) is 68.1 Å². The molecule has 1 aromatic rings. The van der Waals surface area contributed by atoms with E-state index in [1.165, 1.54) is 11.8 Å². The van der Waals surface area contributed by atoms with E-state index >= 15 is 0 Å². The monoisotopic (exact) mass is 975 g/mol. The summed E-state index contributed by atoms with van der Waals surface area (Å²) in [7, 11) is 0. The maximum Gasteiger partial charge on any atom is 0.326 e. The van der Waals surface area contributed by atoms with Gasteiger partial charge in [0.25, 0.3) is 0 Å². The predicted octanol–water partition coefficient (Wildman–Crippen LogP) is -2.86. The molecule has 0 unspecified atom stereocenters. The van der Waals surface area contributed by atoms with Crippen LogP contribution in [-0.2, 0) is 59.2 Å². The molecule has 9 amide bonds. The highest BCUT2D eigenvalue weighted by Gasteiger charge is 2.41. The summed E-state index contributed by atoms with van der Waals surface area (Å²) in [5, 5.41) is 46.3. The summed E-state index contributed by atoms with van der Waals surface area (Å²) in [4.78, 5) is 145. The van der Waals surface area contributed by atoms with Crippen LogP contribution in [0.15, 0.2) is 30.3 Å². The number of aliphatic hydroxyl groups excluding tert-OH is 1. The Morgan fingerprint density at radius 2 is 1.19 bits per heavy atom. The summed E-state index contributed by atoms with van der Waals surface area (Å²) in [6.07, 6.45) is -1.10. The highest BCUT2D eigenvalue weighted by atomic mass is 16.4. The highest BCUT2D eigenvalue weighted by molar-refractivity contribution is 5.99. The average molecular weight is 975 g/mol. The standard InChI is InChI=1S/C45H70N10O14/c1-8-24(6)36(54-37(60)25(7)46)43(66)50-29(20-33(58)59)40(63)48-27(16-17-32(47)57)38(61)52-34(22(2)3)44(67)55-18-12-15-31(55)42(65)49-28(19-26-13-10-9-11-14-26)39(62)51-30(21-56)41(64)53-35(23(4)5)45(68)69/h9-11,13-14,22-25,27-31,34-36,56H,8,12,15-21,46H2,1-7H3,(H2,47,57)(H,48,63)(H,49,65)(H,50,66)(H,51,62)(H,52,61)(H,53,64)(H,54,60)(H,58,59)(H,68,69)/t24-,25-,27-,28-,29-,30-,31-,34-,35-,36-/m0/s1. The molecule has 0 bridgehead atoms. The third-order valence-electron chi connectivity index (χ3n) is 11.6. The number of carboxylic acid groups (broad SMARTS) is 2. The van der Waals surface area contributed by atoms with E-state index in [1.54, 1.807) is 71.9 Å². The van der Waals surface area contributed by atoms with Gasteiger partial charge < -0.3 is 68.9 Å². The zero-order valence-electron chi connectivity index (χ0n) is 40.1. The van der Waals surface area contributed by atoms with E-state index in [0.29, 0.717) is 18.4 Å². The molecule has 1 saturated heterocycles. The maximum atomic E-state index is 14.3. The van der Waals surface area contributed by atoms with Crippen molar-refractivity contribution in [2.75, 3.05) is 13.2 Å². The molecule has 1 aliphatic heterocycles. The van der Waals surface area contributed by atoms with Crippen molar-refractivity contribution < 1.29 is 68.1 Å². The second-order valence-corrected chi connectivity index (χ2v) is 17.9. The summed E-state index contributed by atoms with van der Waals surface area (Å²) >= 11 is 0. The lowest BCUT2D eigenvalue weighted by atomic mass is 9.97. The van der Waals surface area contributed by atoms with Crippen LogP contribution in [0.5, 0.6) is 0 Å². The van der Waals surface area contributed by atoms with Crippen LogP contribution in [0.25, 0.3) is 0 Å². The molecule has 0 saturated carbocycles. The zero-order valence-corrected chi connectivity index (χ0v) is 40.1. The molecule has 384 valence electrons. The molecule has 0 aliphatic carbocycles. The number of benzene rings is 1.